The number of ether oxygens (including phenoxy) is 4. The average Bonchev–Trinajstić information content (AvgIpc) is 3.64. The first-order valence-electron chi connectivity index (χ1n) is 37.4. The summed E-state index contributed by atoms with van der Waals surface area (Å²) in [6.07, 6.45) is 94.0. The summed E-state index contributed by atoms with van der Waals surface area (Å²) < 4.78 is 23.0. The number of likely N-dealkylation sites (N-methyl/N-ethyl adjacent to an activating group) is 1. The maximum Gasteiger partial charge on any atom is 0.361 e. The van der Waals surface area contributed by atoms with Gasteiger partial charge in [0.2, 0.25) is 0 Å². The number of esters is 2. The summed E-state index contributed by atoms with van der Waals surface area (Å²) >= 11 is 0. The molecule has 0 fully saturated rings. The van der Waals surface area contributed by atoms with E-state index in [0.29, 0.717) is 23.9 Å². The maximum absolute atomic E-state index is 13.0. The van der Waals surface area contributed by atoms with Crippen molar-refractivity contribution in [1.82, 2.24) is 0 Å². The van der Waals surface area contributed by atoms with Crippen LogP contribution in [0, 0.1) is 0 Å². The van der Waals surface area contributed by atoms with E-state index < -0.39 is 24.3 Å². The van der Waals surface area contributed by atoms with Crippen LogP contribution in [0.1, 0.15) is 335 Å². The van der Waals surface area contributed by atoms with E-state index in [1.807, 2.05) is 21.1 Å². The molecule has 0 saturated carbocycles. The Balaban J connectivity index is 4.04. The second kappa shape index (κ2) is 70.1. The number of aliphatic carboxylic acids is 1. The van der Waals surface area contributed by atoms with Crippen LogP contribution in [0.4, 0.5) is 0 Å². The fourth-order valence-electron chi connectivity index (χ4n) is 10.6. The molecule has 514 valence electrons. The van der Waals surface area contributed by atoms with Crippen molar-refractivity contribution in [3.8, 4) is 0 Å². The Labute approximate surface area is 550 Å². The summed E-state index contributed by atoms with van der Waals surface area (Å²) in [4.78, 5) is 37.7. The fraction of sp³-hybridized carbons (Fsp3) is 0.762. The number of hydrogen-bond donors (Lipinski definition) is 1. The van der Waals surface area contributed by atoms with Gasteiger partial charge in [0.15, 0.2) is 6.10 Å². The Hall–Kier alpha value is -3.79. The first kappa shape index (κ1) is 85.2. The summed E-state index contributed by atoms with van der Waals surface area (Å²) in [5.41, 5.74) is 0. The fourth-order valence-corrected chi connectivity index (χ4v) is 10.6. The van der Waals surface area contributed by atoms with E-state index in [1.165, 1.54) is 212 Å². The molecule has 2 atom stereocenters. The van der Waals surface area contributed by atoms with E-state index in [0.717, 1.165) is 89.9 Å². The molecule has 0 aliphatic carbocycles. The van der Waals surface area contributed by atoms with Gasteiger partial charge < -0.3 is 28.5 Å². The molecule has 0 spiro atoms. The molecule has 0 rings (SSSR count). The average molecular weight is 1250 g/mol. The first-order valence-corrected chi connectivity index (χ1v) is 37.4. The Morgan fingerprint density at radius 1 is 0.348 bits per heavy atom. The smallest absolute Gasteiger partial charge is 0.361 e. The largest absolute Gasteiger partial charge is 0.477 e. The van der Waals surface area contributed by atoms with Crippen LogP contribution < -0.4 is 0 Å². The lowest BCUT2D eigenvalue weighted by atomic mass is 10.0. The van der Waals surface area contributed by atoms with Crippen molar-refractivity contribution in [3.05, 3.63) is 97.2 Å². The standard InChI is InChI=1S/C80H141NO8/c1-6-8-10-12-14-16-18-20-22-24-26-28-30-32-34-35-36-37-38-39-40-41-42-43-45-46-48-50-52-54-56-58-60-62-64-66-68-70-77(82)87-74-76(75-88-80(79(84)85)86-73-72-81(3,4)5)89-78(83)71-69-67-65-63-61-59-57-55-53-51-49-47-44-33-31-29-27-25-23-21-19-17-15-13-11-9-7-2/h9,11,15,17-18,20-21,23-24,26-27,29,33,44,49,51,76,80H,6-8,10,12-14,16,19,22,25,28,30-32,34-43,45-48,50,52-75H2,1-5H3/p+1/b11-9-,17-15-,20-18-,23-21-,26-24-,29-27-,44-33-,51-49-. The molecule has 0 radical (unpaired) electrons. The Kier molecular flexibility index (Phi) is 67.1. The minimum atomic E-state index is -1.52. The summed E-state index contributed by atoms with van der Waals surface area (Å²) in [7, 11) is 5.98. The molecule has 2 unspecified atom stereocenters. The van der Waals surface area contributed by atoms with Gasteiger partial charge in [0.1, 0.15) is 13.2 Å². The van der Waals surface area contributed by atoms with Crippen LogP contribution in [0.25, 0.3) is 0 Å². The molecule has 89 heavy (non-hydrogen) atoms. The van der Waals surface area contributed by atoms with Gasteiger partial charge in [0.25, 0.3) is 6.29 Å². The van der Waals surface area contributed by atoms with E-state index >= 15 is 0 Å². The van der Waals surface area contributed by atoms with Gasteiger partial charge in [0.05, 0.1) is 34.4 Å². The Morgan fingerprint density at radius 2 is 0.640 bits per heavy atom. The molecule has 0 aliphatic rings. The zero-order valence-corrected chi connectivity index (χ0v) is 58.8. The molecule has 9 heteroatoms. The Bertz CT molecular complexity index is 1790. The van der Waals surface area contributed by atoms with Gasteiger partial charge in [0, 0.05) is 12.8 Å². The van der Waals surface area contributed by atoms with Gasteiger partial charge in [-0.15, -0.1) is 0 Å². The summed E-state index contributed by atoms with van der Waals surface area (Å²) in [6, 6.07) is 0. The van der Waals surface area contributed by atoms with Gasteiger partial charge in [-0.3, -0.25) is 9.59 Å². The van der Waals surface area contributed by atoms with E-state index in [2.05, 4.69) is 111 Å². The molecule has 0 aromatic heterocycles. The highest BCUT2D eigenvalue weighted by Gasteiger charge is 2.25. The number of carboxylic acids is 1. The van der Waals surface area contributed by atoms with Crippen molar-refractivity contribution in [3.63, 3.8) is 0 Å². The predicted octanol–water partition coefficient (Wildman–Crippen LogP) is 23.6. The lowest BCUT2D eigenvalue weighted by Crippen LogP contribution is -2.40. The minimum Gasteiger partial charge on any atom is -0.477 e. The van der Waals surface area contributed by atoms with Gasteiger partial charge in [-0.2, -0.15) is 0 Å². The molecule has 1 N–H and O–H groups in total. The zero-order valence-electron chi connectivity index (χ0n) is 58.8. The van der Waals surface area contributed by atoms with Crippen LogP contribution in [0.2, 0.25) is 0 Å². The normalized spacial score (nSPS) is 13.2. The quantitative estimate of drug-likeness (QED) is 0.0211. The van der Waals surface area contributed by atoms with Crippen molar-refractivity contribution < 1.29 is 42.9 Å². The number of carbonyl (C=O) groups is 3. The zero-order chi connectivity index (χ0) is 64.7. The molecular weight excluding hydrogens is 1100 g/mol. The number of nitrogens with zero attached hydrogens (tertiary/aromatic N) is 1. The van der Waals surface area contributed by atoms with Crippen molar-refractivity contribution in [2.45, 2.75) is 347 Å². The molecule has 9 nitrogen and oxygen atoms in total. The van der Waals surface area contributed by atoms with Crippen LogP contribution in [0.15, 0.2) is 97.2 Å². The number of allylic oxidation sites excluding steroid dienone is 16. The third-order valence-electron chi connectivity index (χ3n) is 16.3. The highest BCUT2D eigenvalue weighted by Crippen LogP contribution is 2.18. The number of carboxylic acid groups (broad SMARTS) is 1. The molecule has 0 amide bonds. The highest BCUT2D eigenvalue weighted by molar-refractivity contribution is 5.71. The van der Waals surface area contributed by atoms with Crippen molar-refractivity contribution >= 4 is 17.9 Å². The first-order chi connectivity index (χ1) is 43.6. The third kappa shape index (κ3) is 71.5. The van der Waals surface area contributed by atoms with Crippen LogP contribution in [-0.4, -0.2) is 87.4 Å². The van der Waals surface area contributed by atoms with Crippen molar-refractivity contribution in [2.24, 2.45) is 0 Å². The van der Waals surface area contributed by atoms with Gasteiger partial charge in [-0.05, 0) is 96.3 Å². The lowest BCUT2D eigenvalue weighted by molar-refractivity contribution is -0.870. The van der Waals surface area contributed by atoms with E-state index in [9.17, 15) is 19.5 Å². The monoisotopic (exact) mass is 1250 g/mol. The molecule has 0 aromatic carbocycles. The van der Waals surface area contributed by atoms with E-state index in [4.69, 9.17) is 18.9 Å². The third-order valence-corrected chi connectivity index (χ3v) is 16.3. The van der Waals surface area contributed by atoms with Crippen molar-refractivity contribution in [2.75, 3.05) is 47.5 Å². The number of quaternary nitrogens is 1. The summed E-state index contributed by atoms with van der Waals surface area (Å²) in [5, 5.41) is 9.76. The van der Waals surface area contributed by atoms with Crippen LogP contribution in [-0.2, 0) is 33.3 Å². The maximum atomic E-state index is 13.0. The summed E-state index contributed by atoms with van der Waals surface area (Å²) in [5.74, 6) is -2.01. The predicted molar refractivity (Wildman–Crippen MR) is 382 cm³/mol. The number of hydrogen-bond acceptors (Lipinski definition) is 7. The van der Waals surface area contributed by atoms with Crippen LogP contribution >= 0.6 is 0 Å². The van der Waals surface area contributed by atoms with Gasteiger partial charge >= 0.3 is 17.9 Å². The molecule has 0 aromatic rings. The molecule has 0 aliphatic heterocycles. The van der Waals surface area contributed by atoms with Gasteiger partial charge in [-0.1, -0.05) is 323 Å². The number of unbranched alkanes of at least 4 members (excludes halogenated alkanes) is 38. The second-order valence-corrected chi connectivity index (χ2v) is 26.2. The topological polar surface area (TPSA) is 108 Å². The molecule has 0 saturated heterocycles. The second-order valence-electron chi connectivity index (χ2n) is 26.2. The minimum absolute atomic E-state index is 0.183. The molecule has 0 bridgehead atoms. The number of rotatable bonds is 69. The lowest BCUT2D eigenvalue weighted by Gasteiger charge is -2.25. The van der Waals surface area contributed by atoms with Crippen LogP contribution in [0.3, 0.4) is 0 Å². The van der Waals surface area contributed by atoms with Crippen molar-refractivity contribution in [1.29, 1.82) is 0 Å². The van der Waals surface area contributed by atoms with E-state index in [-0.39, 0.29) is 32.2 Å². The number of carbonyl (C=O) groups excluding carboxylic acids is 2. The summed E-state index contributed by atoms with van der Waals surface area (Å²) in [6.45, 7) is 4.78. The highest BCUT2D eigenvalue weighted by atomic mass is 16.7. The Morgan fingerprint density at radius 3 is 0.955 bits per heavy atom. The SMILES string of the molecule is CC/C=C\C/C=C\C/C=C\C/C=C\C/C=C\C/C=C\CCCCCCCCCCC(=O)OC(COC(=O)CCCCCCCCCCCCCCCCCCCCCCCCCCC/C=C\C/C=C\CCCCCCC)COC(OCC[N+](C)(C)C)C(=O)O. The molecular formula is C80H142NO8+. The van der Waals surface area contributed by atoms with Gasteiger partial charge in [-0.25, -0.2) is 4.79 Å². The van der Waals surface area contributed by atoms with Crippen LogP contribution in [0.5, 0.6) is 0 Å². The molecule has 0 heterocycles. The van der Waals surface area contributed by atoms with E-state index in [1.54, 1.807) is 0 Å².